The standard InChI is InChI=1S/C16H30N2O5/c1-5-9-12(18-16(21)22-8-4)14(19)17-13(10-6-2)15(20)23-11-7-3/h12-13H,5-11H2,1-4H3,(H,17,19)(H,18,21). The molecule has 0 aliphatic rings. The summed E-state index contributed by atoms with van der Waals surface area (Å²) >= 11 is 0. The molecule has 0 rings (SSSR count). The Morgan fingerprint density at radius 2 is 1.43 bits per heavy atom. The second kappa shape index (κ2) is 12.7. The van der Waals surface area contributed by atoms with Crippen molar-refractivity contribution in [3.05, 3.63) is 0 Å². The van der Waals surface area contributed by atoms with E-state index in [2.05, 4.69) is 10.6 Å². The van der Waals surface area contributed by atoms with Crippen LogP contribution in [0, 0.1) is 0 Å². The highest BCUT2D eigenvalue weighted by Gasteiger charge is 2.26. The van der Waals surface area contributed by atoms with E-state index in [-0.39, 0.29) is 6.61 Å². The summed E-state index contributed by atoms with van der Waals surface area (Å²) in [7, 11) is 0. The molecule has 0 heterocycles. The van der Waals surface area contributed by atoms with Crippen LogP contribution < -0.4 is 10.6 Å². The fraction of sp³-hybridized carbons (Fsp3) is 0.812. The van der Waals surface area contributed by atoms with Crippen molar-refractivity contribution in [1.29, 1.82) is 0 Å². The molecule has 0 aromatic heterocycles. The van der Waals surface area contributed by atoms with Crippen molar-refractivity contribution in [2.75, 3.05) is 13.2 Å². The Hall–Kier alpha value is -1.79. The minimum Gasteiger partial charge on any atom is -0.464 e. The van der Waals surface area contributed by atoms with E-state index >= 15 is 0 Å². The van der Waals surface area contributed by atoms with Crippen LogP contribution in [0.1, 0.15) is 59.8 Å². The number of ether oxygens (including phenoxy) is 2. The smallest absolute Gasteiger partial charge is 0.407 e. The largest absolute Gasteiger partial charge is 0.464 e. The van der Waals surface area contributed by atoms with Crippen molar-refractivity contribution >= 4 is 18.0 Å². The molecule has 0 aliphatic heterocycles. The minimum absolute atomic E-state index is 0.230. The van der Waals surface area contributed by atoms with Gasteiger partial charge in [-0.1, -0.05) is 33.6 Å². The zero-order valence-electron chi connectivity index (χ0n) is 14.6. The topological polar surface area (TPSA) is 93.7 Å². The van der Waals surface area contributed by atoms with Gasteiger partial charge in [0.1, 0.15) is 12.1 Å². The lowest BCUT2D eigenvalue weighted by atomic mass is 10.1. The van der Waals surface area contributed by atoms with Crippen LogP contribution in [0.25, 0.3) is 0 Å². The molecule has 0 aromatic rings. The Kier molecular flexibility index (Phi) is 11.7. The fourth-order valence-corrected chi connectivity index (χ4v) is 1.99. The van der Waals surface area contributed by atoms with Crippen molar-refractivity contribution in [2.24, 2.45) is 0 Å². The third-order valence-electron chi connectivity index (χ3n) is 3.09. The van der Waals surface area contributed by atoms with Crippen LogP contribution in [0.4, 0.5) is 4.79 Å². The monoisotopic (exact) mass is 330 g/mol. The highest BCUT2D eigenvalue weighted by molar-refractivity contribution is 5.89. The Bertz CT molecular complexity index is 373. The van der Waals surface area contributed by atoms with Crippen LogP contribution in [0.15, 0.2) is 0 Å². The highest BCUT2D eigenvalue weighted by Crippen LogP contribution is 2.04. The molecule has 0 bridgehead atoms. The maximum Gasteiger partial charge on any atom is 0.407 e. The van der Waals surface area contributed by atoms with Gasteiger partial charge < -0.3 is 20.1 Å². The van der Waals surface area contributed by atoms with E-state index in [9.17, 15) is 14.4 Å². The van der Waals surface area contributed by atoms with Gasteiger partial charge in [0.2, 0.25) is 5.91 Å². The fourth-order valence-electron chi connectivity index (χ4n) is 1.99. The number of alkyl carbamates (subject to hydrolysis) is 1. The van der Waals surface area contributed by atoms with E-state index in [1.54, 1.807) is 6.92 Å². The number of hydrogen-bond donors (Lipinski definition) is 2. The molecule has 2 N–H and O–H groups in total. The molecule has 0 saturated heterocycles. The molecule has 0 radical (unpaired) electrons. The molecule has 0 aromatic carbocycles. The SMILES string of the molecule is CCCOC(=O)C(CCC)NC(=O)C(CCC)NC(=O)OCC. The molecule has 7 heteroatoms. The van der Waals surface area contributed by atoms with Gasteiger partial charge in [-0.2, -0.15) is 0 Å². The van der Waals surface area contributed by atoms with Crippen molar-refractivity contribution in [3.63, 3.8) is 0 Å². The van der Waals surface area contributed by atoms with E-state index in [0.717, 1.165) is 12.8 Å². The van der Waals surface area contributed by atoms with E-state index in [1.165, 1.54) is 0 Å². The average molecular weight is 330 g/mol. The highest BCUT2D eigenvalue weighted by atomic mass is 16.5. The van der Waals surface area contributed by atoms with Gasteiger partial charge in [-0.15, -0.1) is 0 Å². The lowest BCUT2D eigenvalue weighted by Gasteiger charge is -2.22. The number of hydrogen-bond acceptors (Lipinski definition) is 5. The van der Waals surface area contributed by atoms with Gasteiger partial charge in [-0.05, 0) is 26.2 Å². The molecule has 2 unspecified atom stereocenters. The molecule has 0 fully saturated rings. The third kappa shape index (κ3) is 9.05. The first kappa shape index (κ1) is 21.2. The predicted octanol–water partition coefficient (Wildman–Crippen LogP) is 2.14. The van der Waals surface area contributed by atoms with Gasteiger partial charge in [0.15, 0.2) is 0 Å². The summed E-state index contributed by atoms with van der Waals surface area (Å²) in [5.41, 5.74) is 0. The first-order valence-electron chi connectivity index (χ1n) is 8.40. The molecule has 134 valence electrons. The van der Waals surface area contributed by atoms with Crippen LogP contribution in [0.2, 0.25) is 0 Å². The Morgan fingerprint density at radius 1 is 0.826 bits per heavy atom. The van der Waals surface area contributed by atoms with Gasteiger partial charge in [0.25, 0.3) is 0 Å². The predicted molar refractivity (Wildman–Crippen MR) is 86.9 cm³/mol. The number of rotatable bonds is 11. The Morgan fingerprint density at radius 3 is 1.96 bits per heavy atom. The van der Waals surface area contributed by atoms with Crippen LogP contribution in [0.3, 0.4) is 0 Å². The third-order valence-corrected chi connectivity index (χ3v) is 3.09. The second-order valence-electron chi connectivity index (χ2n) is 5.22. The van der Waals surface area contributed by atoms with Gasteiger partial charge >= 0.3 is 12.1 Å². The molecular formula is C16H30N2O5. The van der Waals surface area contributed by atoms with Crippen LogP contribution >= 0.6 is 0 Å². The average Bonchev–Trinajstić information content (AvgIpc) is 2.51. The lowest BCUT2D eigenvalue weighted by molar-refractivity contribution is -0.148. The van der Waals surface area contributed by atoms with E-state index in [4.69, 9.17) is 9.47 Å². The number of esters is 1. The quantitative estimate of drug-likeness (QED) is 0.566. The number of carbonyl (C=O) groups excluding carboxylic acids is 3. The normalized spacial score (nSPS) is 12.9. The minimum atomic E-state index is -0.725. The van der Waals surface area contributed by atoms with Crippen molar-refractivity contribution in [2.45, 2.75) is 71.9 Å². The van der Waals surface area contributed by atoms with Crippen molar-refractivity contribution in [1.82, 2.24) is 10.6 Å². The Balaban J connectivity index is 4.74. The van der Waals surface area contributed by atoms with Gasteiger partial charge in [-0.3, -0.25) is 4.79 Å². The van der Waals surface area contributed by atoms with E-state index < -0.39 is 30.1 Å². The zero-order chi connectivity index (χ0) is 17.7. The lowest BCUT2D eigenvalue weighted by Crippen LogP contribution is -2.52. The van der Waals surface area contributed by atoms with Crippen molar-refractivity contribution in [3.8, 4) is 0 Å². The molecule has 2 amide bonds. The maximum absolute atomic E-state index is 12.3. The number of amides is 2. The first-order chi connectivity index (χ1) is 11.0. The van der Waals surface area contributed by atoms with Gasteiger partial charge in [0, 0.05) is 0 Å². The van der Waals surface area contributed by atoms with Gasteiger partial charge in [-0.25, -0.2) is 9.59 Å². The molecule has 0 spiro atoms. The Labute approximate surface area is 138 Å². The van der Waals surface area contributed by atoms with Crippen LogP contribution in [-0.2, 0) is 19.1 Å². The summed E-state index contributed by atoms with van der Waals surface area (Å²) < 4.78 is 9.90. The molecule has 23 heavy (non-hydrogen) atoms. The summed E-state index contributed by atoms with van der Waals surface area (Å²) in [6.45, 7) is 7.98. The van der Waals surface area contributed by atoms with Crippen LogP contribution in [0.5, 0.6) is 0 Å². The molecule has 0 aliphatic carbocycles. The zero-order valence-corrected chi connectivity index (χ0v) is 14.6. The number of carbonyl (C=O) groups is 3. The molecule has 0 saturated carbocycles. The summed E-state index contributed by atoms with van der Waals surface area (Å²) in [5, 5.41) is 5.20. The summed E-state index contributed by atoms with van der Waals surface area (Å²) in [6, 6.07) is -1.42. The molecule has 7 nitrogen and oxygen atoms in total. The van der Waals surface area contributed by atoms with Crippen LogP contribution in [-0.4, -0.2) is 43.3 Å². The van der Waals surface area contributed by atoms with E-state index in [0.29, 0.717) is 25.9 Å². The maximum atomic E-state index is 12.3. The van der Waals surface area contributed by atoms with Gasteiger partial charge in [0.05, 0.1) is 13.2 Å². The molecular weight excluding hydrogens is 300 g/mol. The second-order valence-corrected chi connectivity index (χ2v) is 5.22. The summed E-state index contributed by atoms with van der Waals surface area (Å²) in [5.74, 6) is -0.833. The van der Waals surface area contributed by atoms with Crippen molar-refractivity contribution < 1.29 is 23.9 Å². The molecule has 2 atom stereocenters. The summed E-state index contributed by atoms with van der Waals surface area (Å²) in [4.78, 5) is 35.8. The first-order valence-corrected chi connectivity index (χ1v) is 8.40. The van der Waals surface area contributed by atoms with E-state index in [1.807, 2.05) is 20.8 Å². The summed E-state index contributed by atoms with van der Waals surface area (Å²) in [6.07, 6.45) is 2.49. The number of nitrogens with one attached hydrogen (secondary N) is 2.